The Bertz CT molecular complexity index is 497. The number of amidine groups is 1. The molecule has 0 atom stereocenters. The maximum Gasteiger partial charge on any atom is 0.141 e. The summed E-state index contributed by atoms with van der Waals surface area (Å²) in [5, 5.41) is 7.27. The zero-order chi connectivity index (χ0) is 11.4. The average molecular weight is 213 g/mol. The van der Waals surface area contributed by atoms with Crippen LogP contribution in [0.4, 0.5) is 0 Å². The van der Waals surface area contributed by atoms with Gasteiger partial charge in [0.05, 0.1) is 0 Å². The molecule has 2 rings (SSSR count). The van der Waals surface area contributed by atoms with Gasteiger partial charge in [0.25, 0.3) is 0 Å². The molecular weight excluding hydrogens is 202 g/mol. The summed E-state index contributed by atoms with van der Waals surface area (Å²) in [5.74, 6) is 1.29. The first kappa shape index (κ1) is 10.2. The highest BCUT2D eigenvalue weighted by atomic mass is 16.5. The van der Waals surface area contributed by atoms with Crippen LogP contribution in [0, 0.1) is 5.41 Å². The summed E-state index contributed by atoms with van der Waals surface area (Å²) in [6.07, 6.45) is 1.56. The number of ether oxygens (including phenoxy) is 1. The van der Waals surface area contributed by atoms with Gasteiger partial charge in [0.2, 0.25) is 0 Å². The Morgan fingerprint density at radius 1 is 1.12 bits per heavy atom. The molecule has 1 aromatic heterocycles. The molecule has 0 radical (unpaired) electrons. The van der Waals surface area contributed by atoms with Gasteiger partial charge in [0, 0.05) is 12.3 Å². The van der Waals surface area contributed by atoms with Crippen LogP contribution in [0.5, 0.6) is 11.5 Å². The van der Waals surface area contributed by atoms with Crippen LogP contribution in [0.3, 0.4) is 0 Å². The number of aromatic nitrogens is 1. The van der Waals surface area contributed by atoms with Crippen molar-refractivity contribution in [3.63, 3.8) is 0 Å². The molecule has 0 aliphatic carbocycles. The summed E-state index contributed by atoms with van der Waals surface area (Å²) in [6.45, 7) is 0. The Morgan fingerprint density at radius 3 is 2.56 bits per heavy atom. The summed E-state index contributed by atoms with van der Waals surface area (Å²) in [5.41, 5.74) is 5.75. The maximum absolute atomic E-state index is 7.27. The summed E-state index contributed by atoms with van der Waals surface area (Å²) < 4.78 is 5.58. The van der Waals surface area contributed by atoms with E-state index in [1.807, 2.05) is 30.3 Å². The van der Waals surface area contributed by atoms with E-state index in [1.165, 1.54) is 0 Å². The third-order valence-corrected chi connectivity index (χ3v) is 1.99. The second-order valence-corrected chi connectivity index (χ2v) is 3.21. The molecule has 2 aromatic rings. The van der Waals surface area contributed by atoms with Gasteiger partial charge in [-0.15, -0.1) is 0 Å². The molecule has 3 N–H and O–H groups in total. The largest absolute Gasteiger partial charge is 0.457 e. The predicted octanol–water partition coefficient (Wildman–Crippen LogP) is 2.16. The molecule has 16 heavy (non-hydrogen) atoms. The number of rotatable bonds is 3. The zero-order valence-corrected chi connectivity index (χ0v) is 8.55. The van der Waals surface area contributed by atoms with Crippen LogP contribution in [-0.4, -0.2) is 10.8 Å². The van der Waals surface area contributed by atoms with Gasteiger partial charge in [-0.05, 0) is 18.2 Å². The van der Waals surface area contributed by atoms with Crippen LogP contribution in [0.2, 0.25) is 0 Å². The molecule has 1 heterocycles. The number of nitrogen functional groups attached to an aromatic ring is 1. The van der Waals surface area contributed by atoms with E-state index in [2.05, 4.69) is 4.98 Å². The molecule has 0 saturated carbocycles. The van der Waals surface area contributed by atoms with Gasteiger partial charge in [-0.25, -0.2) is 0 Å². The standard InChI is InChI=1S/C12H11N3O/c13-12(14)11-8-10(6-7-15-11)16-9-4-2-1-3-5-9/h1-8H,(H3,13,14). The van der Waals surface area contributed by atoms with Crippen LogP contribution in [0.1, 0.15) is 5.69 Å². The maximum atomic E-state index is 7.27. The highest BCUT2D eigenvalue weighted by molar-refractivity contribution is 5.93. The monoisotopic (exact) mass is 213 g/mol. The first-order valence-corrected chi connectivity index (χ1v) is 4.79. The lowest BCUT2D eigenvalue weighted by Gasteiger charge is -2.05. The second-order valence-electron chi connectivity index (χ2n) is 3.21. The molecule has 0 unspecified atom stereocenters. The van der Waals surface area contributed by atoms with Crippen molar-refractivity contribution in [3.8, 4) is 11.5 Å². The van der Waals surface area contributed by atoms with E-state index in [0.29, 0.717) is 11.4 Å². The molecule has 0 aliphatic heterocycles. The van der Waals surface area contributed by atoms with E-state index in [0.717, 1.165) is 5.75 Å². The lowest BCUT2D eigenvalue weighted by atomic mass is 10.3. The van der Waals surface area contributed by atoms with E-state index < -0.39 is 0 Å². The summed E-state index contributed by atoms with van der Waals surface area (Å²) in [6, 6.07) is 12.8. The first-order chi connectivity index (χ1) is 7.75. The van der Waals surface area contributed by atoms with Crippen molar-refractivity contribution in [1.82, 2.24) is 4.98 Å². The van der Waals surface area contributed by atoms with Crippen LogP contribution in [0.15, 0.2) is 48.7 Å². The minimum absolute atomic E-state index is 0.0708. The van der Waals surface area contributed by atoms with Crippen molar-refractivity contribution in [1.29, 1.82) is 5.41 Å². The quantitative estimate of drug-likeness (QED) is 0.606. The number of hydrogen-bond donors (Lipinski definition) is 2. The molecule has 4 heteroatoms. The van der Waals surface area contributed by atoms with Crippen LogP contribution in [0.25, 0.3) is 0 Å². The Morgan fingerprint density at radius 2 is 1.88 bits per heavy atom. The molecule has 4 nitrogen and oxygen atoms in total. The van der Waals surface area contributed by atoms with Crippen molar-refractivity contribution in [3.05, 3.63) is 54.4 Å². The van der Waals surface area contributed by atoms with Gasteiger partial charge in [0.15, 0.2) is 0 Å². The minimum Gasteiger partial charge on any atom is -0.457 e. The minimum atomic E-state index is -0.0708. The van der Waals surface area contributed by atoms with Crippen molar-refractivity contribution >= 4 is 5.84 Å². The molecule has 0 spiro atoms. The van der Waals surface area contributed by atoms with Crippen LogP contribution in [-0.2, 0) is 0 Å². The second kappa shape index (κ2) is 4.44. The molecule has 0 saturated heterocycles. The van der Waals surface area contributed by atoms with Gasteiger partial charge in [-0.1, -0.05) is 18.2 Å². The van der Waals surface area contributed by atoms with E-state index in [9.17, 15) is 0 Å². The zero-order valence-electron chi connectivity index (χ0n) is 8.55. The van der Waals surface area contributed by atoms with Crippen molar-refractivity contribution in [2.45, 2.75) is 0 Å². The van der Waals surface area contributed by atoms with Crippen LogP contribution < -0.4 is 10.5 Å². The fourth-order valence-corrected chi connectivity index (χ4v) is 1.25. The molecule has 0 aliphatic rings. The third-order valence-electron chi connectivity index (χ3n) is 1.99. The smallest absolute Gasteiger partial charge is 0.141 e. The van der Waals surface area contributed by atoms with Crippen molar-refractivity contribution in [2.75, 3.05) is 0 Å². The lowest BCUT2D eigenvalue weighted by molar-refractivity contribution is 0.482. The summed E-state index contributed by atoms with van der Waals surface area (Å²) in [7, 11) is 0. The van der Waals surface area contributed by atoms with E-state index in [-0.39, 0.29) is 5.84 Å². The first-order valence-electron chi connectivity index (χ1n) is 4.79. The molecule has 0 bridgehead atoms. The fourth-order valence-electron chi connectivity index (χ4n) is 1.25. The highest BCUT2D eigenvalue weighted by Gasteiger charge is 2.01. The normalized spacial score (nSPS) is 9.75. The predicted molar refractivity (Wildman–Crippen MR) is 61.8 cm³/mol. The number of benzene rings is 1. The van der Waals surface area contributed by atoms with E-state index >= 15 is 0 Å². The van der Waals surface area contributed by atoms with Gasteiger partial charge >= 0.3 is 0 Å². The van der Waals surface area contributed by atoms with E-state index in [4.69, 9.17) is 15.9 Å². The molecule has 0 fully saturated rings. The van der Waals surface area contributed by atoms with Crippen molar-refractivity contribution in [2.24, 2.45) is 5.73 Å². The van der Waals surface area contributed by atoms with E-state index in [1.54, 1.807) is 18.3 Å². The van der Waals surface area contributed by atoms with Gasteiger partial charge in [0.1, 0.15) is 23.0 Å². The summed E-state index contributed by atoms with van der Waals surface area (Å²) >= 11 is 0. The number of hydrogen-bond acceptors (Lipinski definition) is 3. The molecular formula is C12H11N3O. The number of nitrogens with zero attached hydrogens (tertiary/aromatic N) is 1. The molecule has 0 amide bonds. The summed E-state index contributed by atoms with van der Waals surface area (Å²) in [4.78, 5) is 3.95. The molecule has 1 aromatic carbocycles. The number of nitrogens with one attached hydrogen (secondary N) is 1. The Balaban J connectivity index is 2.22. The molecule has 80 valence electrons. The number of para-hydroxylation sites is 1. The number of nitrogens with two attached hydrogens (primary N) is 1. The Kier molecular flexibility index (Phi) is 2.82. The third kappa shape index (κ3) is 2.36. The lowest BCUT2D eigenvalue weighted by Crippen LogP contribution is -2.12. The Hall–Kier alpha value is -2.36. The van der Waals surface area contributed by atoms with Crippen molar-refractivity contribution < 1.29 is 4.74 Å². The van der Waals surface area contributed by atoms with Gasteiger partial charge in [-0.3, -0.25) is 10.4 Å². The topological polar surface area (TPSA) is 72.0 Å². The van der Waals surface area contributed by atoms with Crippen LogP contribution >= 0.6 is 0 Å². The van der Waals surface area contributed by atoms with Gasteiger partial charge in [-0.2, -0.15) is 0 Å². The SMILES string of the molecule is N=C(N)c1cc(Oc2ccccc2)ccn1. The Labute approximate surface area is 93.2 Å². The highest BCUT2D eigenvalue weighted by Crippen LogP contribution is 2.20. The number of pyridine rings is 1. The fraction of sp³-hybridized carbons (Fsp3) is 0. The van der Waals surface area contributed by atoms with Gasteiger partial charge < -0.3 is 10.5 Å². The average Bonchev–Trinajstić information content (AvgIpc) is 2.30.